The van der Waals surface area contributed by atoms with Crippen LogP contribution in [0.2, 0.25) is 0 Å². The van der Waals surface area contributed by atoms with Gasteiger partial charge in [-0.1, -0.05) is 32.9 Å². The Labute approximate surface area is 124 Å². The quantitative estimate of drug-likeness (QED) is 0.689. The molecule has 3 nitrogen and oxygen atoms in total. The Morgan fingerprint density at radius 2 is 1.95 bits per heavy atom. The first kappa shape index (κ1) is 17.0. The maximum atomic E-state index is 5.65. The van der Waals surface area contributed by atoms with E-state index in [-0.39, 0.29) is 0 Å². The van der Waals surface area contributed by atoms with Crippen LogP contribution in [0.1, 0.15) is 39.7 Å². The second-order valence-corrected chi connectivity index (χ2v) is 5.83. The molecule has 1 aromatic carbocycles. The van der Waals surface area contributed by atoms with Crippen LogP contribution in [0.5, 0.6) is 5.75 Å². The molecule has 1 atom stereocenters. The summed E-state index contributed by atoms with van der Waals surface area (Å²) in [6.07, 6.45) is 1.04. The van der Waals surface area contributed by atoms with Gasteiger partial charge in [0.05, 0.1) is 6.61 Å². The van der Waals surface area contributed by atoms with E-state index in [0.717, 1.165) is 38.4 Å². The zero-order valence-electron chi connectivity index (χ0n) is 13.4. The van der Waals surface area contributed by atoms with Gasteiger partial charge < -0.3 is 15.4 Å². The van der Waals surface area contributed by atoms with E-state index in [1.165, 1.54) is 5.56 Å². The number of ether oxygens (including phenoxy) is 1. The van der Waals surface area contributed by atoms with E-state index in [4.69, 9.17) is 4.74 Å². The van der Waals surface area contributed by atoms with Crippen molar-refractivity contribution in [3.63, 3.8) is 0 Å². The second-order valence-electron chi connectivity index (χ2n) is 5.83. The Kier molecular flexibility index (Phi) is 8.31. The average Bonchev–Trinajstić information content (AvgIpc) is 2.43. The fraction of sp³-hybridized carbons (Fsp3) is 0.647. The molecule has 0 spiro atoms. The monoisotopic (exact) mass is 278 g/mol. The normalized spacial score (nSPS) is 12.7. The van der Waals surface area contributed by atoms with Crippen molar-refractivity contribution in [1.29, 1.82) is 0 Å². The Morgan fingerprint density at radius 1 is 1.15 bits per heavy atom. The van der Waals surface area contributed by atoms with Crippen LogP contribution in [0.25, 0.3) is 0 Å². The van der Waals surface area contributed by atoms with Gasteiger partial charge in [-0.15, -0.1) is 0 Å². The van der Waals surface area contributed by atoms with Crippen LogP contribution in [0, 0.1) is 5.92 Å². The third-order valence-electron chi connectivity index (χ3n) is 3.03. The SMILES string of the molecule is CCCOc1cccc(CNC(C)CNCC(C)C)c1. The van der Waals surface area contributed by atoms with Crippen LogP contribution in [-0.4, -0.2) is 25.7 Å². The van der Waals surface area contributed by atoms with E-state index < -0.39 is 0 Å². The van der Waals surface area contributed by atoms with E-state index in [1.54, 1.807) is 0 Å². The van der Waals surface area contributed by atoms with Gasteiger partial charge in [0.1, 0.15) is 5.75 Å². The fourth-order valence-corrected chi connectivity index (χ4v) is 1.92. The summed E-state index contributed by atoms with van der Waals surface area (Å²) in [7, 11) is 0. The van der Waals surface area contributed by atoms with Gasteiger partial charge in [-0.05, 0) is 43.5 Å². The Bertz CT molecular complexity index is 366. The molecule has 0 aliphatic heterocycles. The Hall–Kier alpha value is -1.06. The third-order valence-corrected chi connectivity index (χ3v) is 3.03. The van der Waals surface area contributed by atoms with Gasteiger partial charge >= 0.3 is 0 Å². The first-order chi connectivity index (χ1) is 9.61. The lowest BCUT2D eigenvalue weighted by Crippen LogP contribution is -2.37. The molecular weight excluding hydrogens is 248 g/mol. The topological polar surface area (TPSA) is 33.3 Å². The molecule has 1 rings (SSSR count). The molecule has 0 amide bonds. The van der Waals surface area contributed by atoms with E-state index >= 15 is 0 Å². The standard InChI is InChI=1S/C17H30N2O/c1-5-9-20-17-8-6-7-16(10-17)13-19-15(4)12-18-11-14(2)3/h6-8,10,14-15,18-19H,5,9,11-13H2,1-4H3. The van der Waals surface area contributed by atoms with Crippen molar-refractivity contribution < 1.29 is 4.74 Å². The highest BCUT2D eigenvalue weighted by atomic mass is 16.5. The lowest BCUT2D eigenvalue weighted by atomic mass is 10.2. The van der Waals surface area contributed by atoms with Gasteiger partial charge in [0, 0.05) is 19.1 Å². The minimum Gasteiger partial charge on any atom is -0.494 e. The molecule has 20 heavy (non-hydrogen) atoms. The summed E-state index contributed by atoms with van der Waals surface area (Å²) < 4.78 is 5.65. The maximum Gasteiger partial charge on any atom is 0.119 e. The zero-order chi connectivity index (χ0) is 14.8. The molecule has 0 aliphatic carbocycles. The van der Waals surface area contributed by atoms with Gasteiger partial charge in [-0.25, -0.2) is 0 Å². The number of nitrogens with one attached hydrogen (secondary N) is 2. The molecule has 114 valence electrons. The van der Waals surface area contributed by atoms with Crippen molar-refractivity contribution in [3.05, 3.63) is 29.8 Å². The van der Waals surface area contributed by atoms with Crippen molar-refractivity contribution in [2.75, 3.05) is 19.7 Å². The molecule has 3 heteroatoms. The van der Waals surface area contributed by atoms with E-state index in [9.17, 15) is 0 Å². The van der Waals surface area contributed by atoms with Crippen molar-refractivity contribution in [2.45, 2.75) is 46.7 Å². The lowest BCUT2D eigenvalue weighted by Gasteiger charge is -2.16. The van der Waals surface area contributed by atoms with Crippen LogP contribution in [-0.2, 0) is 6.54 Å². The smallest absolute Gasteiger partial charge is 0.119 e. The third kappa shape index (κ3) is 7.51. The van der Waals surface area contributed by atoms with E-state index in [1.807, 2.05) is 6.07 Å². The highest BCUT2D eigenvalue weighted by Crippen LogP contribution is 2.13. The number of hydrogen-bond donors (Lipinski definition) is 2. The molecule has 1 aromatic rings. The average molecular weight is 278 g/mol. The molecule has 0 fully saturated rings. The molecule has 2 N–H and O–H groups in total. The maximum absolute atomic E-state index is 5.65. The van der Waals surface area contributed by atoms with Crippen LogP contribution in [0.4, 0.5) is 0 Å². The first-order valence-corrected chi connectivity index (χ1v) is 7.77. The summed E-state index contributed by atoms with van der Waals surface area (Å²) >= 11 is 0. The van der Waals surface area contributed by atoms with E-state index in [2.05, 4.69) is 56.5 Å². The van der Waals surface area contributed by atoms with Gasteiger partial charge in [0.25, 0.3) is 0 Å². The number of hydrogen-bond acceptors (Lipinski definition) is 3. The van der Waals surface area contributed by atoms with Crippen LogP contribution < -0.4 is 15.4 Å². The van der Waals surface area contributed by atoms with E-state index in [0.29, 0.717) is 12.0 Å². The minimum atomic E-state index is 0.467. The summed E-state index contributed by atoms with van der Waals surface area (Å²) in [4.78, 5) is 0. The van der Waals surface area contributed by atoms with Crippen molar-refractivity contribution in [3.8, 4) is 5.75 Å². The van der Waals surface area contributed by atoms with Gasteiger partial charge in [-0.3, -0.25) is 0 Å². The summed E-state index contributed by atoms with van der Waals surface area (Å²) in [5, 5.41) is 7.01. The first-order valence-electron chi connectivity index (χ1n) is 7.77. The molecule has 0 heterocycles. The predicted molar refractivity (Wildman–Crippen MR) is 86.2 cm³/mol. The van der Waals surface area contributed by atoms with Gasteiger partial charge in [0.2, 0.25) is 0 Å². The predicted octanol–water partition coefficient (Wildman–Crippen LogP) is 3.20. The zero-order valence-corrected chi connectivity index (χ0v) is 13.4. The second kappa shape index (κ2) is 9.78. The molecule has 0 aromatic heterocycles. The summed E-state index contributed by atoms with van der Waals surface area (Å²) in [6, 6.07) is 8.81. The summed E-state index contributed by atoms with van der Waals surface area (Å²) in [6.45, 7) is 12.5. The Morgan fingerprint density at radius 3 is 2.65 bits per heavy atom. The summed E-state index contributed by atoms with van der Waals surface area (Å²) in [5.41, 5.74) is 1.27. The Balaban J connectivity index is 2.29. The lowest BCUT2D eigenvalue weighted by molar-refractivity contribution is 0.317. The minimum absolute atomic E-state index is 0.467. The molecule has 0 aliphatic rings. The van der Waals surface area contributed by atoms with Crippen molar-refractivity contribution in [2.24, 2.45) is 5.92 Å². The van der Waals surface area contributed by atoms with Crippen LogP contribution >= 0.6 is 0 Å². The number of rotatable bonds is 10. The molecule has 0 radical (unpaired) electrons. The largest absolute Gasteiger partial charge is 0.494 e. The molecule has 0 saturated carbocycles. The molecule has 0 saturated heterocycles. The van der Waals surface area contributed by atoms with Crippen molar-refractivity contribution in [1.82, 2.24) is 10.6 Å². The molecular formula is C17H30N2O. The number of benzene rings is 1. The van der Waals surface area contributed by atoms with Crippen LogP contribution in [0.15, 0.2) is 24.3 Å². The molecule has 1 unspecified atom stereocenters. The highest BCUT2D eigenvalue weighted by Gasteiger charge is 2.03. The van der Waals surface area contributed by atoms with Crippen LogP contribution in [0.3, 0.4) is 0 Å². The molecule has 0 bridgehead atoms. The fourth-order valence-electron chi connectivity index (χ4n) is 1.92. The van der Waals surface area contributed by atoms with Gasteiger partial charge in [0.15, 0.2) is 0 Å². The summed E-state index contributed by atoms with van der Waals surface area (Å²) in [5.74, 6) is 1.67. The van der Waals surface area contributed by atoms with Gasteiger partial charge in [-0.2, -0.15) is 0 Å². The van der Waals surface area contributed by atoms with Crippen molar-refractivity contribution >= 4 is 0 Å². The highest BCUT2D eigenvalue weighted by molar-refractivity contribution is 5.28.